The molecule has 144 valence electrons. The monoisotopic (exact) mass is 380 g/mol. The molecule has 5 nitrogen and oxygen atoms in total. The Morgan fingerprint density at radius 1 is 1.33 bits per heavy atom. The first-order valence-corrected chi connectivity index (χ1v) is 8.41. The van der Waals surface area contributed by atoms with Gasteiger partial charge in [0.25, 0.3) is 5.91 Å². The molecule has 1 amide bonds. The van der Waals surface area contributed by atoms with Gasteiger partial charge >= 0.3 is 6.18 Å². The standard InChI is InChI=1S/C19H19F3N2O3/c1-13-5-6-16(10-23-13)27-11-14-3-2-4-15(9-14)17(25)24-8-7-18(26,12-24)19(20,21)22/h2-6,9-10,26H,7-8,11-12H2,1H3. The van der Waals surface area contributed by atoms with E-state index in [2.05, 4.69) is 4.98 Å². The van der Waals surface area contributed by atoms with E-state index in [9.17, 15) is 23.1 Å². The van der Waals surface area contributed by atoms with Crippen LogP contribution in [0.25, 0.3) is 0 Å². The molecule has 0 spiro atoms. The molecule has 1 aliphatic heterocycles. The van der Waals surface area contributed by atoms with Gasteiger partial charge in [-0.3, -0.25) is 9.78 Å². The lowest BCUT2D eigenvalue weighted by molar-refractivity contribution is -0.253. The topological polar surface area (TPSA) is 62.7 Å². The quantitative estimate of drug-likeness (QED) is 0.885. The van der Waals surface area contributed by atoms with Crippen molar-refractivity contribution in [3.05, 3.63) is 59.4 Å². The summed E-state index contributed by atoms with van der Waals surface area (Å²) >= 11 is 0. The van der Waals surface area contributed by atoms with Crippen molar-refractivity contribution in [3.63, 3.8) is 0 Å². The summed E-state index contributed by atoms with van der Waals surface area (Å²) in [6.07, 6.45) is -3.70. The van der Waals surface area contributed by atoms with Gasteiger partial charge in [-0.2, -0.15) is 13.2 Å². The van der Waals surface area contributed by atoms with Gasteiger partial charge in [0.2, 0.25) is 0 Å². The van der Waals surface area contributed by atoms with E-state index in [0.29, 0.717) is 11.3 Å². The molecule has 0 bridgehead atoms. The van der Waals surface area contributed by atoms with Crippen LogP contribution in [0.3, 0.4) is 0 Å². The Balaban J connectivity index is 1.66. The number of aromatic nitrogens is 1. The number of aliphatic hydroxyl groups is 1. The zero-order valence-corrected chi connectivity index (χ0v) is 14.7. The van der Waals surface area contributed by atoms with Gasteiger partial charge in [0.05, 0.1) is 12.7 Å². The minimum Gasteiger partial charge on any atom is -0.487 e. The van der Waals surface area contributed by atoms with Crippen molar-refractivity contribution in [2.45, 2.75) is 31.7 Å². The minimum atomic E-state index is -4.76. The maximum absolute atomic E-state index is 12.9. The predicted octanol–water partition coefficient (Wildman–Crippen LogP) is 3.11. The Hall–Kier alpha value is -2.61. The van der Waals surface area contributed by atoms with Crippen LogP contribution in [0.15, 0.2) is 42.6 Å². The molecule has 1 aliphatic rings. The SMILES string of the molecule is Cc1ccc(OCc2cccc(C(=O)N3CCC(O)(C(F)(F)F)C3)c2)cn1. The van der Waals surface area contributed by atoms with Crippen molar-refractivity contribution in [2.24, 2.45) is 0 Å². The Bertz CT molecular complexity index is 824. The normalized spacial score (nSPS) is 20.0. The molecule has 1 aromatic carbocycles. The fraction of sp³-hybridized carbons (Fsp3) is 0.368. The first-order chi connectivity index (χ1) is 12.7. The van der Waals surface area contributed by atoms with Crippen LogP contribution < -0.4 is 4.74 Å². The van der Waals surface area contributed by atoms with Crippen LogP contribution in [-0.2, 0) is 6.61 Å². The zero-order chi connectivity index (χ0) is 19.7. The Labute approximate surface area is 154 Å². The van der Waals surface area contributed by atoms with Crippen LogP contribution in [0.2, 0.25) is 0 Å². The second-order valence-electron chi connectivity index (χ2n) is 6.63. The van der Waals surface area contributed by atoms with Gasteiger partial charge in [-0.15, -0.1) is 0 Å². The molecule has 1 aromatic heterocycles. The number of hydrogen-bond acceptors (Lipinski definition) is 4. The number of benzene rings is 1. The Morgan fingerprint density at radius 3 is 2.74 bits per heavy atom. The summed E-state index contributed by atoms with van der Waals surface area (Å²) in [6, 6.07) is 10.1. The number of ether oxygens (including phenoxy) is 1. The summed E-state index contributed by atoms with van der Waals surface area (Å²) in [5.41, 5.74) is -1.03. The van der Waals surface area contributed by atoms with Crippen LogP contribution in [0, 0.1) is 6.92 Å². The minimum absolute atomic E-state index is 0.148. The summed E-state index contributed by atoms with van der Waals surface area (Å²) in [6.45, 7) is 1.14. The molecule has 1 fully saturated rings. The summed E-state index contributed by atoms with van der Waals surface area (Å²) in [5, 5.41) is 9.73. The Kier molecular flexibility index (Phi) is 5.10. The summed E-state index contributed by atoms with van der Waals surface area (Å²) in [4.78, 5) is 17.7. The van der Waals surface area contributed by atoms with E-state index in [4.69, 9.17) is 4.74 Å². The first-order valence-electron chi connectivity index (χ1n) is 8.41. The van der Waals surface area contributed by atoms with E-state index in [-0.39, 0.29) is 18.7 Å². The van der Waals surface area contributed by atoms with E-state index in [1.165, 1.54) is 6.07 Å². The lowest BCUT2D eigenvalue weighted by Gasteiger charge is -2.26. The van der Waals surface area contributed by atoms with Crippen molar-refractivity contribution in [2.75, 3.05) is 13.1 Å². The molecule has 0 aliphatic carbocycles. The molecule has 2 aromatic rings. The molecule has 0 radical (unpaired) electrons. The maximum atomic E-state index is 12.9. The fourth-order valence-corrected chi connectivity index (χ4v) is 2.88. The number of carbonyl (C=O) groups excluding carboxylic acids is 1. The number of likely N-dealkylation sites (tertiary alicyclic amines) is 1. The molecule has 27 heavy (non-hydrogen) atoms. The van der Waals surface area contributed by atoms with Crippen LogP contribution >= 0.6 is 0 Å². The Morgan fingerprint density at radius 2 is 2.11 bits per heavy atom. The highest BCUT2D eigenvalue weighted by atomic mass is 19.4. The number of rotatable bonds is 4. The highest BCUT2D eigenvalue weighted by Gasteiger charge is 2.57. The number of β-amino-alcohol motifs (C(OH)–C–C–N with tert-alkyl or cyclic N) is 1. The van der Waals surface area contributed by atoms with Gasteiger partial charge in [0.1, 0.15) is 12.4 Å². The smallest absolute Gasteiger partial charge is 0.419 e. The molecular weight excluding hydrogens is 361 g/mol. The molecule has 8 heteroatoms. The third-order valence-corrected chi connectivity index (χ3v) is 4.53. The van der Waals surface area contributed by atoms with Gasteiger partial charge in [-0.05, 0) is 36.8 Å². The van der Waals surface area contributed by atoms with Crippen molar-refractivity contribution in [3.8, 4) is 5.75 Å². The number of halogens is 3. The lowest BCUT2D eigenvalue weighted by atomic mass is 10.0. The largest absolute Gasteiger partial charge is 0.487 e. The van der Waals surface area contributed by atoms with Crippen LogP contribution in [-0.4, -0.2) is 45.8 Å². The van der Waals surface area contributed by atoms with E-state index >= 15 is 0 Å². The number of amides is 1. The molecule has 1 unspecified atom stereocenters. The summed E-state index contributed by atoms with van der Waals surface area (Å²) in [5.74, 6) is 0.0288. The second kappa shape index (κ2) is 7.19. The molecule has 0 saturated carbocycles. The second-order valence-corrected chi connectivity index (χ2v) is 6.63. The van der Waals surface area contributed by atoms with Gasteiger partial charge < -0.3 is 14.7 Å². The summed E-state index contributed by atoms with van der Waals surface area (Å²) < 4.78 is 44.4. The number of carbonyl (C=O) groups is 1. The van der Waals surface area contributed by atoms with Crippen LogP contribution in [0.4, 0.5) is 13.2 Å². The number of pyridine rings is 1. The highest BCUT2D eigenvalue weighted by Crippen LogP contribution is 2.38. The molecular formula is C19H19F3N2O3. The number of hydrogen-bond donors (Lipinski definition) is 1. The highest BCUT2D eigenvalue weighted by molar-refractivity contribution is 5.94. The lowest BCUT2D eigenvalue weighted by Crippen LogP contribution is -2.48. The van der Waals surface area contributed by atoms with E-state index in [1.54, 1.807) is 30.5 Å². The molecule has 2 heterocycles. The molecule has 1 N–H and O–H groups in total. The third kappa shape index (κ3) is 4.21. The molecule has 3 rings (SSSR count). The van der Waals surface area contributed by atoms with E-state index in [0.717, 1.165) is 10.6 Å². The number of alkyl halides is 3. The maximum Gasteiger partial charge on any atom is 0.419 e. The number of nitrogens with zero attached hydrogens (tertiary/aromatic N) is 2. The van der Waals surface area contributed by atoms with Gasteiger partial charge in [0, 0.05) is 24.2 Å². The van der Waals surface area contributed by atoms with Crippen LogP contribution in [0.1, 0.15) is 28.0 Å². The van der Waals surface area contributed by atoms with Crippen molar-refractivity contribution in [1.29, 1.82) is 0 Å². The van der Waals surface area contributed by atoms with E-state index in [1.807, 2.05) is 13.0 Å². The average Bonchev–Trinajstić information content (AvgIpc) is 3.04. The predicted molar refractivity (Wildman–Crippen MR) is 91.3 cm³/mol. The third-order valence-electron chi connectivity index (χ3n) is 4.53. The fourth-order valence-electron chi connectivity index (χ4n) is 2.88. The number of aryl methyl sites for hydroxylation is 1. The molecule has 1 saturated heterocycles. The average molecular weight is 380 g/mol. The van der Waals surface area contributed by atoms with Crippen molar-refractivity contribution >= 4 is 5.91 Å². The van der Waals surface area contributed by atoms with Gasteiger partial charge in [-0.1, -0.05) is 12.1 Å². The zero-order valence-electron chi connectivity index (χ0n) is 14.7. The first kappa shape index (κ1) is 19.2. The van der Waals surface area contributed by atoms with Gasteiger partial charge in [0.15, 0.2) is 5.60 Å². The van der Waals surface area contributed by atoms with Crippen molar-refractivity contribution < 1.29 is 27.8 Å². The van der Waals surface area contributed by atoms with Crippen molar-refractivity contribution in [1.82, 2.24) is 9.88 Å². The van der Waals surface area contributed by atoms with E-state index < -0.39 is 30.7 Å². The molecule has 1 atom stereocenters. The summed E-state index contributed by atoms with van der Waals surface area (Å²) in [7, 11) is 0. The van der Waals surface area contributed by atoms with Gasteiger partial charge in [-0.25, -0.2) is 0 Å². The van der Waals surface area contributed by atoms with Crippen LogP contribution in [0.5, 0.6) is 5.75 Å².